The molecule has 5 heteroatoms. The van der Waals surface area contributed by atoms with Crippen molar-refractivity contribution in [2.45, 2.75) is 13.0 Å². The Balaban J connectivity index is 2.95. The fourth-order valence-electron chi connectivity index (χ4n) is 1.12. The molecule has 1 rings (SSSR count). The molecule has 16 heavy (non-hydrogen) atoms. The van der Waals surface area contributed by atoms with Gasteiger partial charge in [-0.15, -0.1) is 0 Å². The SMILES string of the molecule is CNC(C)/C=C/c1ccc(Cl)c([N+](=O)[O-])c1. The highest BCUT2D eigenvalue weighted by atomic mass is 35.5. The second-order valence-corrected chi connectivity index (χ2v) is 3.81. The second kappa shape index (κ2) is 5.63. The third-order valence-electron chi connectivity index (χ3n) is 2.20. The predicted octanol–water partition coefficient (Wildman–Crippen LogP) is 2.87. The summed E-state index contributed by atoms with van der Waals surface area (Å²) in [5.74, 6) is 0. The first-order valence-electron chi connectivity index (χ1n) is 4.84. The van der Waals surface area contributed by atoms with E-state index in [0.29, 0.717) is 0 Å². The van der Waals surface area contributed by atoms with Crippen LogP contribution < -0.4 is 5.32 Å². The summed E-state index contributed by atoms with van der Waals surface area (Å²) in [6.07, 6.45) is 3.75. The van der Waals surface area contributed by atoms with Gasteiger partial charge in [0.15, 0.2) is 0 Å². The maximum atomic E-state index is 10.7. The van der Waals surface area contributed by atoms with Crippen LogP contribution in [0.15, 0.2) is 24.3 Å². The van der Waals surface area contributed by atoms with Gasteiger partial charge in [0, 0.05) is 12.1 Å². The normalized spacial score (nSPS) is 12.9. The van der Waals surface area contributed by atoms with Crippen molar-refractivity contribution in [2.24, 2.45) is 0 Å². The van der Waals surface area contributed by atoms with Gasteiger partial charge in [-0.25, -0.2) is 0 Å². The highest BCUT2D eigenvalue weighted by Gasteiger charge is 2.11. The van der Waals surface area contributed by atoms with Crippen LogP contribution in [0.3, 0.4) is 0 Å². The second-order valence-electron chi connectivity index (χ2n) is 3.40. The van der Waals surface area contributed by atoms with E-state index < -0.39 is 4.92 Å². The third kappa shape index (κ3) is 3.32. The maximum absolute atomic E-state index is 10.7. The number of likely N-dealkylation sites (N-methyl/N-ethyl adjacent to an activating group) is 1. The fraction of sp³-hybridized carbons (Fsp3) is 0.273. The zero-order valence-electron chi connectivity index (χ0n) is 9.11. The number of halogens is 1. The van der Waals surface area contributed by atoms with E-state index in [1.807, 2.05) is 26.1 Å². The summed E-state index contributed by atoms with van der Waals surface area (Å²) in [4.78, 5) is 10.2. The average Bonchev–Trinajstić information content (AvgIpc) is 2.27. The Labute approximate surface area is 99.1 Å². The fourth-order valence-corrected chi connectivity index (χ4v) is 1.31. The molecule has 0 aliphatic carbocycles. The van der Waals surface area contributed by atoms with Gasteiger partial charge in [0.25, 0.3) is 5.69 Å². The van der Waals surface area contributed by atoms with Crippen LogP contribution in [-0.4, -0.2) is 18.0 Å². The summed E-state index contributed by atoms with van der Waals surface area (Å²) in [5.41, 5.74) is 0.694. The first-order chi connectivity index (χ1) is 7.54. The summed E-state index contributed by atoms with van der Waals surface area (Å²) in [6, 6.07) is 4.95. The quantitative estimate of drug-likeness (QED) is 0.650. The molecule has 0 saturated heterocycles. The van der Waals surface area contributed by atoms with Crippen LogP contribution >= 0.6 is 11.6 Å². The lowest BCUT2D eigenvalue weighted by atomic mass is 10.1. The Morgan fingerprint density at radius 3 is 2.81 bits per heavy atom. The smallest absolute Gasteiger partial charge is 0.288 e. The van der Waals surface area contributed by atoms with Gasteiger partial charge in [0.2, 0.25) is 0 Å². The first kappa shape index (κ1) is 12.7. The van der Waals surface area contributed by atoms with Crippen molar-refractivity contribution in [2.75, 3.05) is 7.05 Å². The van der Waals surface area contributed by atoms with Crippen LogP contribution in [0.2, 0.25) is 5.02 Å². The topological polar surface area (TPSA) is 55.2 Å². The van der Waals surface area contributed by atoms with Gasteiger partial charge in [0.05, 0.1) is 4.92 Å². The molecule has 0 radical (unpaired) electrons. The van der Waals surface area contributed by atoms with Gasteiger partial charge in [-0.3, -0.25) is 10.1 Å². The van der Waals surface area contributed by atoms with Crippen LogP contribution in [0.25, 0.3) is 6.08 Å². The van der Waals surface area contributed by atoms with Crippen molar-refractivity contribution in [3.8, 4) is 0 Å². The van der Waals surface area contributed by atoms with Crippen molar-refractivity contribution >= 4 is 23.4 Å². The molecule has 1 atom stereocenters. The lowest BCUT2D eigenvalue weighted by Crippen LogP contribution is -2.17. The molecule has 0 fully saturated rings. The highest BCUT2D eigenvalue weighted by molar-refractivity contribution is 6.32. The van der Waals surface area contributed by atoms with Gasteiger partial charge >= 0.3 is 0 Å². The number of benzene rings is 1. The molecule has 0 aromatic heterocycles. The zero-order valence-corrected chi connectivity index (χ0v) is 9.86. The summed E-state index contributed by atoms with van der Waals surface area (Å²) < 4.78 is 0. The first-order valence-corrected chi connectivity index (χ1v) is 5.22. The van der Waals surface area contributed by atoms with E-state index in [9.17, 15) is 10.1 Å². The average molecular weight is 241 g/mol. The van der Waals surface area contributed by atoms with Gasteiger partial charge < -0.3 is 5.32 Å². The van der Waals surface area contributed by atoms with Crippen molar-refractivity contribution < 1.29 is 4.92 Å². The molecular formula is C11H13ClN2O2. The molecule has 0 aliphatic rings. The molecule has 0 aliphatic heterocycles. The van der Waals surface area contributed by atoms with Crippen LogP contribution in [-0.2, 0) is 0 Å². The zero-order chi connectivity index (χ0) is 12.1. The van der Waals surface area contributed by atoms with E-state index in [1.165, 1.54) is 12.1 Å². The summed E-state index contributed by atoms with van der Waals surface area (Å²) in [6.45, 7) is 1.99. The maximum Gasteiger partial charge on any atom is 0.288 e. The monoisotopic (exact) mass is 240 g/mol. The molecule has 1 unspecified atom stereocenters. The van der Waals surface area contributed by atoms with Crippen molar-refractivity contribution in [1.82, 2.24) is 5.32 Å². The molecule has 0 spiro atoms. The standard InChI is InChI=1S/C11H13ClN2O2/c1-8(13-2)3-4-9-5-6-10(12)11(7-9)14(15)16/h3-8,13H,1-2H3/b4-3+. The Morgan fingerprint density at radius 1 is 1.56 bits per heavy atom. The number of nitro groups is 1. The minimum atomic E-state index is -0.485. The molecule has 0 amide bonds. The third-order valence-corrected chi connectivity index (χ3v) is 2.52. The number of nitro benzene ring substituents is 1. The molecule has 0 bridgehead atoms. The van der Waals surface area contributed by atoms with E-state index in [0.717, 1.165) is 5.56 Å². The van der Waals surface area contributed by atoms with E-state index in [4.69, 9.17) is 11.6 Å². The Kier molecular flexibility index (Phi) is 4.46. The Morgan fingerprint density at radius 2 is 2.25 bits per heavy atom. The number of nitrogens with zero attached hydrogens (tertiary/aromatic N) is 1. The largest absolute Gasteiger partial charge is 0.314 e. The molecule has 0 heterocycles. The number of hydrogen-bond acceptors (Lipinski definition) is 3. The number of hydrogen-bond donors (Lipinski definition) is 1. The predicted molar refractivity (Wildman–Crippen MR) is 65.7 cm³/mol. The van der Waals surface area contributed by atoms with Crippen molar-refractivity contribution in [3.05, 3.63) is 45.0 Å². The van der Waals surface area contributed by atoms with Crippen LogP contribution in [0, 0.1) is 10.1 Å². The molecule has 1 aromatic rings. The minimum Gasteiger partial charge on any atom is -0.314 e. The van der Waals surface area contributed by atoms with E-state index in [2.05, 4.69) is 5.32 Å². The van der Waals surface area contributed by atoms with Gasteiger partial charge in [-0.05, 0) is 25.6 Å². The lowest BCUT2D eigenvalue weighted by Gasteiger charge is -2.02. The Bertz CT molecular complexity index is 418. The molecule has 86 valence electrons. The van der Waals surface area contributed by atoms with Crippen LogP contribution in [0.4, 0.5) is 5.69 Å². The van der Waals surface area contributed by atoms with E-state index in [-0.39, 0.29) is 16.8 Å². The molecule has 1 N–H and O–H groups in total. The van der Waals surface area contributed by atoms with Crippen molar-refractivity contribution in [3.63, 3.8) is 0 Å². The van der Waals surface area contributed by atoms with E-state index >= 15 is 0 Å². The lowest BCUT2D eigenvalue weighted by molar-refractivity contribution is -0.384. The van der Waals surface area contributed by atoms with Crippen LogP contribution in [0.1, 0.15) is 12.5 Å². The summed E-state index contributed by atoms with van der Waals surface area (Å²) in [5, 5.41) is 13.8. The molecule has 4 nitrogen and oxygen atoms in total. The summed E-state index contributed by atoms with van der Waals surface area (Å²) in [7, 11) is 1.85. The van der Waals surface area contributed by atoms with Gasteiger partial charge in [-0.1, -0.05) is 29.8 Å². The minimum absolute atomic E-state index is 0.0686. The summed E-state index contributed by atoms with van der Waals surface area (Å²) >= 11 is 5.70. The number of rotatable bonds is 4. The number of nitrogens with one attached hydrogen (secondary N) is 1. The molecule has 1 aromatic carbocycles. The molecular weight excluding hydrogens is 228 g/mol. The Hall–Kier alpha value is -1.39. The van der Waals surface area contributed by atoms with Gasteiger partial charge in [-0.2, -0.15) is 0 Å². The van der Waals surface area contributed by atoms with Gasteiger partial charge in [0.1, 0.15) is 5.02 Å². The molecule has 0 saturated carbocycles. The van der Waals surface area contributed by atoms with Crippen LogP contribution in [0.5, 0.6) is 0 Å². The highest BCUT2D eigenvalue weighted by Crippen LogP contribution is 2.25. The van der Waals surface area contributed by atoms with Crippen molar-refractivity contribution in [1.29, 1.82) is 0 Å². The van der Waals surface area contributed by atoms with E-state index in [1.54, 1.807) is 6.07 Å².